The van der Waals surface area contributed by atoms with Gasteiger partial charge in [-0.25, -0.2) is 4.39 Å². The zero-order valence-electron chi connectivity index (χ0n) is 17.2. The van der Waals surface area contributed by atoms with Gasteiger partial charge in [0.2, 0.25) is 11.9 Å². The number of carbonyl (C=O) groups is 1. The molecule has 1 amide bonds. The molecule has 0 bridgehead atoms. The Labute approximate surface area is 186 Å². The molecule has 155 valence electrons. The number of hydrogen-bond donors (Lipinski definition) is 1. The van der Waals surface area contributed by atoms with Crippen LogP contribution in [0.15, 0.2) is 60.7 Å². The van der Waals surface area contributed by atoms with Crippen LogP contribution in [0, 0.1) is 24.2 Å². The number of hydrazone groups is 1. The molecule has 31 heavy (non-hydrogen) atoms. The second kappa shape index (κ2) is 9.92. The van der Waals surface area contributed by atoms with E-state index >= 15 is 0 Å². The monoisotopic (exact) mass is 433 g/mol. The number of hydrogen-bond acceptors (Lipinski definition) is 2. The van der Waals surface area contributed by atoms with Gasteiger partial charge >= 0.3 is 0 Å². The predicted octanol–water partition coefficient (Wildman–Crippen LogP) is 5.14. The highest BCUT2D eigenvalue weighted by Gasteiger charge is 2.24. The third-order valence-electron chi connectivity index (χ3n) is 4.65. The average Bonchev–Trinajstić information content (AvgIpc) is 2.77. The third kappa shape index (κ3) is 5.50. The summed E-state index contributed by atoms with van der Waals surface area (Å²) in [6, 6.07) is 19.2. The molecule has 0 aromatic heterocycles. The van der Waals surface area contributed by atoms with E-state index in [0.29, 0.717) is 34.1 Å². The molecular weight excluding hydrogens is 413 g/mol. The fourth-order valence-electron chi connectivity index (χ4n) is 2.92. The van der Waals surface area contributed by atoms with Crippen molar-refractivity contribution in [1.82, 2.24) is 5.01 Å². The van der Waals surface area contributed by atoms with Crippen molar-refractivity contribution in [3.05, 3.63) is 94.3 Å². The number of halogens is 2. The maximum absolute atomic E-state index is 13.7. The van der Waals surface area contributed by atoms with Crippen molar-refractivity contribution < 1.29 is 13.9 Å². The summed E-state index contributed by atoms with van der Waals surface area (Å²) >= 11 is 6.20. The normalized spacial score (nSPS) is 11.0. The van der Waals surface area contributed by atoms with Crippen molar-refractivity contribution in [2.24, 2.45) is 0 Å². The van der Waals surface area contributed by atoms with Crippen LogP contribution in [0.5, 0.6) is 0 Å². The molecule has 0 saturated carbocycles. The van der Waals surface area contributed by atoms with Gasteiger partial charge in [-0.1, -0.05) is 28.3 Å². The van der Waals surface area contributed by atoms with E-state index in [-0.39, 0.29) is 5.91 Å². The highest BCUT2D eigenvalue weighted by atomic mass is 35.5. The van der Waals surface area contributed by atoms with Crippen LogP contribution in [-0.4, -0.2) is 35.4 Å². The lowest BCUT2D eigenvalue weighted by atomic mass is 10.1. The number of amides is 1. The number of hydrazine groups is 1. The Morgan fingerprint density at radius 3 is 2.65 bits per heavy atom. The van der Waals surface area contributed by atoms with Gasteiger partial charge in [0.15, 0.2) is 0 Å². The summed E-state index contributed by atoms with van der Waals surface area (Å²) < 4.78 is 15.5. The number of nitrogens with zero attached hydrogens (tertiary/aromatic N) is 2. The molecule has 0 aliphatic rings. The Bertz CT molecular complexity index is 1170. The van der Waals surface area contributed by atoms with Crippen molar-refractivity contribution in [3.8, 4) is 12.3 Å². The van der Waals surface area contributed by atoms with Gasteiger partial charge in [0.1, 0.15) is 11.4 Å². The molecule has 1 N–H and O–H groups in total. The molecule has 0 spiro atoms. The third-order valence-corrected chi connectivity index (χ3v) is 4.88. The first-order valence-electron chi connectivity index (χ1n) is 9.61. The zero-order chi connectivity index (χ0) is 22.4. The minimum Gasteiger partial charge on any atom is -0.322 e. The Balaban J connectivity index is 2.04. The van der Waals surface area contributed by atoms with Gasteiger partial charge < -0.3 is 5.32 Å². The first kappa shape index (κ1) is 22.1. The largest absolute Gasteiger partial charge is 0.322 e. The Morgan fingerprint density at radius 1 is 1.26 bits per heavy atom. The van der Waals surface area contributed by atoms with Crippen LogP contribution >= 0.6 is 11.6 Å². The number of nitrogens with one attached hydrogen (secondary N) is 1. The summed E-state index contributed by atoms with van der Waals surface area (Å²) in [7, 11) is 1.87. The van der Waals surface area contributed by atoms with Crippen LogP contribution in [0.4, 0.5) is 15.8 Å². The molecule has 3 aromatic rings. The Morgan fingerprint density at radius 2 is 2.00 bits per heavy atom. The van der Waals surface area contributed by atoms with Gasteiger partial charge in [-0.15, -0.1) is 6.42 Å². The van der Waals surface area contributed by atoms with Crippen molar-refractivity contribution in [1.29, 1.82) is 0 Å². The topological polar surface area (TPSA) is 35.4 Å². The van der Waals surface area contributed by atoms with Crippen LogP contribution in [-0.2, 0) is 0 Å². The van der Waals surface area contributed by atoms with E-state index < -0.39 is 5.82 Å². The van der Waals surface area contributed by atoms with Gasteiger partial charge in [-0.3, -0.25) is 4.79 Å². The summed E-state index contributed by atoms with van der Waals surface area (Å²) in [5.41, 5.74) is 2.92. The van der Waals surface area contributed by atoms with E-state index in [1.54, 1.807) is 59.4 Å². The standard InChI is InChI=1S/C25H20ClFN3O/c1-4-18-9-12-22(13-10-18)28-25(31)23-16-20(26)11-14-24(23)30(29(3)5-2)17-19-7-6-8-21(27)15-19/h1,6-7,9-17H,5H2,2-3H3/p+1. The van der Waals surface area contributed by atoms with E-state index in [1.807, 2.05) is 19.0 Å². The number of terminal acetylenes is 1. The Hall–Kier alpha value is -3.62. The van der Waals surface area contributed by atoms with E-state index in [1.165, 1.54) is 12.1 Å². The molecular formula is C25H21ClFN3O+. The maximum Gasteiger partial charge on any atom is 0.262 e. The van der Waals surface area contributed by atoms with Crippen LogP contribution < -0.4 is 5.32 Å². The molecule has 0 saturated heterocycles. The molecule has 3 aromatic carbocycles. The first-order valence-corrected chi connectivity index (χ1v) is 9.99. The van der Waals surface area contributed by atoms with E-state index in [0.717, 1.165) is 5.56 Å². The van der Waals surface area contributed by atoms with Crippen molar-refractivity contribution >= 4 is 35.1 Å². The summed E-state index contributed by atoms with van der Waals surface area (Å²) in [6.07, 6.45) is 7.14. The molecule has 3 rings (SSSR count). The maximum atomic E-state index is 13.7. The van der Waals surface area contributed by atoms with Crippen LogP contribution in [0.1, 0.15) is 28.4 Å². The van der Waals surface area contributed by atoms with Gasteiger partial charge in [-0.05, 0) is 55.5 Å². The molecule has 1 radical (unpaired) electrons. The van der Waals surface area contributed by atoms with Crippen molar-refractivity contribution in [2.45, 2.75) is 6.92 Å². The molecule has 6 heteroatoms. The zero-order valence-corrected chi connectivity index (χ0v) is 17.9. The number of benzene rings is 3. The van der Waals surface area contributed by atoms with Crippen LogP contribution in [0.2, 0.25) is 5.02 Å². The summed E-state index contributed by atoms with van der Waals surface area (Å²) in [4.78, 5) is 13.1. The first-order chi connectivity index (χ1) is 14.9. The summed E-state index contributed by atoms with van der Waals surface area (Å²) in [5, 5.41) is 5.20. The van der Waals surface area contributed by atoms with Gasteiger partial charge in [0.05, 0.1) is 13.6 Å². The summed E-state index contributed by atoms with van der Waals surface area (Å²) in [5.74, 6) is 1.75. The van der Waals surface area contributed by atoms with Crippen LogP contribution in [0.3, 0.4) is 0 Å². The lowest BCUT2D eigenvalue weighted by Crippen LogP contribution is -2.30. The molecule has 0 aliphatic heterocycles. The highest BCUT2D eigenvalue weighted by molar-refractivity contribution is 6.31. The molecule has 0 fully saturated rings. The highest BCUT2D eigenvalue weighted by Crippen LogP contribution is 2.25. The quantitative estimate of drug-likeness (QED) is 0.253. The van der Waals surface area contributed by atoms with E-state index in [4.69, 9.17) is 18.0 Å². The average molecular weight is 434 g/mol. The Kier molecular flexibility index (Phi) is 7.07. The molecule has 0 atom stereocenters. The number of anilines is 1. The van der Waals surface area contributed by atoms with Crippen molar-refractivity contribution in [2.75, 3.05) is 18.9 Å². The lowest BCUT2D eigenvalue weighted by molar-refractivity contribution is -0.611. The van der Waals surface area contributed by atoms with E-state index in [9.17, 15) is 9.18 Å². The minimum atomic E-state index is -0.461. The number of rotatable bonds is 6. The van der Waals surface area contributed by atoms with Gasteiger partial charge in [-0.2, -0.15) is 5.01 Å². The van der Waals surface area contributed by atoms with Crippen LogP contribution in [0.25, 0.3) is 0 Å². The molecule has 4 nitrogen and oxygen atoms in total. The molecule has 0 aliphatic carbocycles. The second-order valence-electron chi connectivity index (χ2n) is 6.75. The lowest BCUT2D eigenvalue weighted by Gasteiger charge is -2.16. The SMILES string of the molecule is C#Cc1ccc(NC(=O)c2cc(Cl)ccc2[N+](=Cc2cc[c]c(F)c2)N(C)CC)cc1. The van der Waals surface area contributed by atoms with Gasteiger partial charge in [0.25, 0.3) is 5.91 Å². The molecule has 0 heterocycles. The smallest absolute Gasteiger partial charge is 0.262 e. The van der Waals surface area contributed by atoms with Gasteiger partial charge in [0, 0.05) is 34.0 Å². The minimum absolute atomic E-state index is 0.332. The number of carbonyl (C=O) groups excluding carboxylic acids is 1. The van der Waals surface area contributed by atoms with E-state index in [2.05, 4.69) is 17.3 Å². The van der Waals surface area contributed by atoms with Crippen molar-refractivity contribution in [3.63, 3.8) is 0 Å². The summed E-state index contributed by atoms with van der Waals surface area (Å²) in [6.45, 7) is 2.62. The fourth-order valence-corrected chi connectivity index (χ4v) is 3.09. The fraction of sp³-hybridized carbons (Fsp3) is 0.120. The molecule has 0 unspecified atom stereocenters. The second-order valence-corrected chi connectivity index (χ2v) is 7.19. The predicted molar refractivity (Wildman–Crippen MR) is 122 cm³/mol.